The molecule has 2 aliphatic rings. The van der Waals surface area contributed by atoms with Gasteiger partial charge in [0.05, 0.1) is 19.3 Å². The highest BCUT2D eigenvalue weighted by Gasteiger charge is 2.21. The van der Waals surface area contributed by atoms with Crippen LogP contribution < -0.4 is 10.6 Å². The zero-order valence-electron chi connectivity index (χ0n) is 12.7. The lowest BCUT2D eigenvalue weighted by atomic mass is 9.88. The smallest absolute Gasteiger partial charge is 0.234 e. The second kappa shape index (κ2) is 8.60. The number of hydrogen-bond donors (Lipinski definition) is 2. The van der Waals surface area contributed by atoms with Gasteiger partial charge in [0.25, 0.3) is 0 Å². The second-order valence-electron chi connectivity index (χ2n) is 6.05. The van der Waals surface area contributed by atoms with Crippen molar-refractivity contribution in [3.8, 4) is 0 Å². The lowest BCUT2D eigenvalue weighted by molar-refractivity contribution is -0.122. The van der Waals surface area contributed by atoms with Crippen LogP contribution in [0.5, 0.6) is 0 Å². The van der Waals surface area contributed by atoms with Gasteiger partial charge >= 0.3 is 0 Å². The van der Waals surface area contributed by atoms with Gasteiger partial charge < -0.3 is 15.4 Å². The van der Waals surface area contributed by atoms with E-state index in [1.807, 2.05) is 0 Å². The fourth-order valence-electron chi connectivity index (χ4n) is 3.06. The number of hydrogen-bond acceptors (Lipinski definition) is 4. The first-order chi connectivity index (χ1) is 9.75. The average Bonchev–Trinajstić information content (AvgIpc) is 2.46. The number of nitrogens with one attached hydrogen (secondary N) is 2. The first-order valence-electron chi connectivity index (χ1n) is 8.07. The van der Waals surface area contributed by atoms with Crippen molar-refractivity contribution in [2.24, 2.45) is 5.92 Å². The lowest BCUT2D eigenvalue weighted by Crippen LogP contribution is -2.47. The third-order valence-corrected chi connectivity index (χ3v) is 4.37. The number of piperazine rings is 1. The van der Waals surface area contributed by atoms with E-state index in [9.17, 15) is 4.79 Å². The van der Waals surface area contributed by atoms with Crippen molar-refractivity contribution in [1.82, 2.24) is 15.5 Å². The molecule has 1 aliphatic heterocycles. The van der Waals surface area contributed by atoms with Gasteiger partial charge in [0.15, 0.2) is 0 Å². The highest BCUT2D eigenvalue weighted by molar-refractivity contribution is 5.77. The molecule has 2 unspecified atom stereocenters. The number of nitrogens with zero attached hydrogens (tertiary/aromatic N) is 1. The molecule has 0 aromatic carbocycles. The van der Waals surface area contributed by atoms with Crippen molar-refractivity contribution in [2.45, 2.75) is 38.7 Å². The molecule has 20 heavy (non-hydrogen) atoms. The normalized spacial score (nSPS) is 28.2. The number of carbonyl (C=O) groups excluding carboxylic acids is 1. The topological polar surface area (TPSA) is 53.6 Å². The van der Waals surface area contributed by atoms with Crippen LogP contribution in [0, 0.1) is 5.92 Å². The van der Waals surface area contributed by atoms with E-state index in [1.54, 1.807) is 0 Å². The van der Waals surface area contributed by atoms with Crippen molar-refractivity contribution in [1.29, 1.82) is 0 Å². The summed E-state index contributed by atoms with van der Waals surface area (Å²) in [6.07, 6.45) is 5.47. The Bertz CT molecular complexity index is 293. The molecule has 5 nitrogen and oxygen atoms in total. The fraction of sp³-hybridized carbons (Fsp3) is 0.933. The molecule has 0 spiro atoms. The zero-order chi connectivity index (χ0) is 14.2. The van der Waals surface area contributed by atoms with Crippen LogP contribution in [0.15, 0.2) is 0 Å². The predicted octanol–water partition coefficient (Wildman–Crippen LogP) is 0.603. The first kappa shape index (κ1) is 15.7. The summed E-state index contributed by atoms with van der Waals surface area (Å²) < 4.78 is 5.90. The van der Waals surface area contributed by atoms with E-state index in [-0.39, 0.29) is 5.91 Å². The molecule has 5 heteroatoms. The van der Waals surface area contributed by atoms with Crippen LogP contribution in [-0.4, -0.2) is 62.8 Å². The van der Waals surface area contributed by atoms with Gasteiger partial charge in [0, 0.05) is 32.7 Å². The summed E-state index contributed by atoms with van der Waals surface area (Å²) in [6.45, 7) is 7.95. The zero-order valence-corrected chi connectivity index (χ0v) is 12.7. The molecule has 0 aromatic rings. The summed E-state index contributed by atoms with van der Waals surface area (Å²) in [6, 6.07) is 0. The molecule has 2 atom stereocenters. The summed E-state index contributed by atoms with van der Waals surface area (Å²) in [7, 11) is 0. The predicted molar refractivity (Wildman–Crippen MR) is 79.7 cm³/mol. The molecule has 1 saturated heterocycles. The minimum atomic E-state index is 0.118. The molecule has 1 saturated carbocycles. The van der Waals surface area contributed by atoms with E-state index in [0.717, 1.165) is 26.2 Å². The quantitative estimate of drug-likeness (QED) is 0.701. The van der Waals surface area contributed by atoms with Crippen LogP contribution >= 0.6 is 0 Å². The van der Waals surface area contributed by atoms with E-state index in [1.165, 1.54) is 25.7 Å². The lowest BCUT2D eigenvalue weighted by Gasteiger charge is -2.29. The summed E-state index contributed by atoms with van der Waals surface area (Å²) in [5.74, 6) is 0.785. The second-order valence-corrected chi connectivity index (χ2v) is 6.05. The molecular formula is C15H29N3O2. The molecule has 1 heterocycles. The van der Waals surface area contributed by atoms with Crippen molar-refractivity contribution < 1.29 is 9.53 Å². The number of carbonyl (C=O) groups is 1. The van der Waals surface area contributed by atoms with Crippen molar-refractivity contribution >= 4 is 5.91 Å². The average molecular weight is 283 g/mol. The molecule has 2 N–H and O–H groups in total. The Balaban J connectivity index is 1.52. The van der Waals surface area contributed by atoms with Gasteiger partial charge in [-0.25, -0.2) is 0 Å². The Morgan fingerprint density at radius 1 is 1.30 bits per heavy atom. The fourth-order valence-corrected chi connectivity index (χ4v) is 3.06. The van der Waals surface area contributed by atoms with Gasteiger partial charge in [-0.2, -0.15) is 0 Å². The monoisotopic (exact) mass is 283 g/mol. The largest absolute Gasteiger partial charge is 0.376 e. The number of ether oxygens (including phenoxy) is 1. The molecule has 2 fully saturated rings. The number of rotatable bonds is 6. The van der Waals surface area contributed by atoms with E-state index in [4.69, 9.17) is 4.74 Å². The Morgan fingerprint density at radius 3 is 2.80 bits per heavy atom. The van der Waals surface area contributed by atoms with E-state index < -0.39 is 0 Å². The van der Waals surface area contributed by atoms with Gasteiger partial charge in [-0.15, -0.1) is 0 Å². The Labute approximate surface area is 122 Å². The molecule has 0 radical (unpaired) electrons. The SMILES string of the molecule is CC1CCCCC1OCCNC(=O)CN1CCNCC1. The Morgan fingerprint density at radius 2 is 2.05 bits per heavy atom. The van der Waals surface area contributed by atoms with Gasteiger partial charge in [0.2, 0.25) is 5.91 Å². The van der Waals surface area contributed by atoms with Crippen LogP contribution in [-0.2, 0) is 9.53 Å². The van der Waals surface area contributed by atoms with Crippen molar-refractivity contribution in [3.05, 3.63) is 0 Å². The minimum Gasteiger partial charge on any atom is -0.376 e. The maximum atomic E-state index is 11.8. The minimum absolute atomic E-state index is 0.118. The molecule has 1 aliphatic carbocycles. The van der Waals surface area contributed by atoms with Crippen LogP contribution in [0.1, 0.15) is 32.6 Å². The summed E-state index contributed by atoms with van der Waals surface area (Å²) in [5.41, 5.74) is 0. The van der Waals surface area contributed by atoms with Gasteiger partial charge in [-0.05, 0) is 18.8 Å². The summed E-state index contributed by atoms with van der Waals surface area (Å²) in [5, 5.41) is 6.25. The maximum Gasteiger partial charge on any atom is 0.234 e. The molecule has 116 valence electrons. The standard InChI is InChI=1S/C15H29N3O2/c1-13-4-2-3-5-14(13)20-11-8-17-15(19)12-18-9-6-16-7-10-18/h13-14,16H,2-12H2,1H3,(H,17,19). The van der Waals surface area contributed by atoms with Crippen LogP contribution in [0.3, 0.4) is 0 Å². The Hall–Kier alpha value is -0.650. The van der Waals surface area contributed by atoms with Gasteiger partial charge in [-0.3, -0.25) is 9.69 Å². The first-order valence-corrected chi connectivity index (χ1v) is 8.07. The van der Waals surface area contributed by atoms with E-state index >= 15 is 0 Å². The molecular weight excluding hydrogens is 254 g/mol. The maximum absolute atomic E-state index is 11.8. The highest BCUT2D eigenvalue weighted by Crippen LogP contribution is 2.25. The Kier molecular flexibility index (Phi) is 6.76. The molecule has 2 rings (SSSR count). The third-order valence-electron chi connectivity index (χ3n) is 4.37. The molecule has 0 bridgehead atoms. The van der Waals surface area contributed by atoms with Crippen molar-refractivity contribution in [2.75, 3.05) is 45.9 Å². The third kappa shape index (κ3) is 5.38. The van der Waals surface area contributed by atoms with Crippen LogP contribution in [0.4, 0.5) is 0 Å². The number of amides is 1. The van der Waals surface area contributed by atoms with Crippen LogP contribution in [0.2, 0.25) is 0 Å². The molecule has 0 aromatic heterocycles. The highest BCUT2D eigenvalue weighted by atomic mass is 16.5. The van der Waals surface area contributed by atoms with Crippen molar-refractivity contribution in [3.63, 3.8) is 0 Å². The van der Waals surface area contributed by atoms with Crippen LogP contribution in [0.25, 0.3) is 0 Å². The van der Waals surface area contributed by atoms with E-state index in [2.05, 4.69) is 22.5 Å². The van der Waals surface area contributed by atoms with Gasteiger partial charge in [0.1, 0.15) is 0 Å². The molecule has 1 amide bonds. The van der Waals surface area contributed by atoms with E-state index in [0.29, 0.717) is 31.7 Å². The van der Waals surface area contributed by atoms with Gasteiger partial charge in [-0.1, -0.05) is 19.8 Å². The summed E-state index contributed by atoms with van der Waals surface area (Å²) in [4.78, 5) is 14.0. The summed E-state index contributed by atoms with van der Waals surface area (Å²) >= 11 is 0.